The van der Waals surface area contributed by atoms with Crippen LogP contribution in [0.5, 0.6) is 0 Å². The van der Waals surface area contributed by atoms with Crippen molar-refractivity contribution in [2.45, 2.75) is 26.7 Å². The molecule has 2 aromatic carbocycles. The molecule has 0 fully saturated rings. The quantitative estimate of drug-likeness (QED) is 0.502. The number of benzene rings is 2. The molecule has 0 N–H and O–H groups in total. The molecule has 4 rings (SSSR count). The molecule has 0 radical (unpaired) electrons. The third kappa shape index (κ3) is 7.25. The first kappa shape index (κ1) is 21.2. The number of hydrogen-bond acceptors (Lipinski definition) is 0. The molecule has 0 heterocycles. The topological polar surface area (TPSA) is 0 Å². The van der Waals surface area contributed by atoms with Gasteiger partial charge in [-0.1, -0.05) is 135 Å². The highest BCUT2D eigenvalue weighted by Gasteiger charge is 1.96. The Balaban J connectivity index is 0.000000184. The molecular weight excluding hydrogens is 336 g/mol. The van der Waals surface area contributed by atoms with Crippen LogP contribution in [0.1, 0.15) is 37.8 Å². The van der Waals surface area contributed by atoms with Crippen molar-refractivity contribution in [1.29, 1.82) is 0 Å². The highest BCUT2D eigenvalue weighted by atomic mass is 14.0. The summed E-state index contributed by atoms with van der Waals surface area (Å²) >= 11 is 0. The van der Waals surface area contributed by atoms with Crippen molar-refractivity contribution < 1.29 is 0 Å². The van der Waals surface area contributed by atoms with E-state index in [9.17, 15) is 0 Å². The summed E-state index contributed by atoms with van der Waals surface area (Å²) in [5.74, 6) is 0. The predicted octanol–water partition coefficient (Wildman–Crippen LogP) is 8.20. The third-order valence-corrected chi connectivity index (χ3v) is 4.18. The maximum absolute atomic E-state index is 2.18. The zero-order valence-corrected chi connectivity index (χ0v) is 17.0. The molecule has 0 aliphatic heterocycles. The van der Waals surface area contributed by atoms with Gasteiger partial charge in [0.1, 0.15) is 0 Å². The summed E-state index contributed by atoms with van der Waals surface area (Å²) in [5, 5.41) is 0. The molecule has 0 saturated heterocycles. The molecule has 0 saturated carbocycles. The van der Waals surface area contributed by atoms with E-state index in [1.54, 1.807) is 0 Å². The molecule has 2 aliphatic rings. The minimum absolute atomic E-state index is 1.03. The van der Waals surface area contributed by atoms with E-state index in [0.717, 1.165) is 12.8 Å². The summed E-state index contributed by atoms with van der Waals surface area (Å²) in [5.41, 5.74) is 5.14. The summed E-state index contributed by atoms with van der Waals surface area (Å²) in [6.45, 7) is 4.00. The smallest absolute Gasteiger partial charge is 0.0163 e. The van der Waals surface area contributed by atoms with Gasteiger partial charge < -0.3 is 0 Å². The van der Waals surface area contributed by atoms with Crippen LogP contribution in [0.2, 0.25) is 0 Å². The lowest BCUT2D eigenvalue weighted by atomic mass is 10.1. The zero-order chi connectivity index (χ0) is 19.9. The van der Waals surface area contributed by atoms with Crippen LogP contribution in [0.15, 0.2) is 121 Å². The average Bonchev–Trinajstić information content (AvgIpc) is 3.23. The summed E-state index contributed by atoms with van der Waals surface area (Å²) in [4.78, 5) is 0. The maximum Gasteiger partial charge on any atom is -0.0163 e. The second-order valence-electron chi connectivity index (χ2n) is 6.11. The van der Waals surface area contributed by atoms with E-state index in [-0.39, 0.29) is 0 Å². The lowest BCUT2D eigenvalue weighted by Gasteiger charge is -1.99. The summed E-state index contributed by atoms with van der Waals surface area (Å²) in [7, 11) is 0. The van der Waals surface area contributed by atoms with Crippen molar-refractivity contribution in [3.05, 3.63) is 133 Å². The van der Waals surface area contributed by atoms with Crippen LogP contribution in [-0.2, 0) is 0 Å². The maximum atomic E-state index is 2.18. The van der Waals surface area contributed by atoms with Crippen LogP contribution in [0.25, 0.3) is 11.1 Å². The second-order valence-corrected chi connectivity index (χ2v) is 6.11. The van der Waals surface area contributed by atoms with Crippen molar-refractivity contribution in [2.75, 3.05) is 0 Å². The van der Waals surface area contributed by atoms with E-state index >= 15 is 0 Å². The van der Waals surface area contributed by atoms with Gasteiger partial charge in [0.2, 0.25) is 0 Å². The van der Waals surface area contributed by atoms with E-state index in [0.29, 0.717) is 0 Å². The van der Waals surface area contributed by atoms with Crippen molar-refractivity contribution in [2.24, 2.45) is 0 Å². The fourth-order valence-electron chi connectivity index (χ4n) is 2.80. The van der Waals surface area contributed by atoms with Gasteiger partial charge in [-0.05, 0) is 35.1 Å². The number of rotatable bonds is 2. The summed E-state index contributed by atoms with van der Waals surface area (Å²) in [6.07, 6.45) is 23.6. The van der Waals surface area contributed by atoms with Gasteiger partial charge in [0.15, 0.2) is 0 Å². The van der Waals surface area contributed by atoms with E-state index in [1.165, 1.54) is 22.3 Å². The molecule has 0 amide bonds. The monoisotopic (exact) mass is 366 g/mol. The lowest BCUT2D eigenvalue weighted by molar-refractivity contribution is 1.41. The fraction of sp³-hybridized carbons (Fsp3) is 0.143. The van der Waals surface area contributed by atoms with Gasteiger partial charge in [-0.15, -0.1) is 0 Å². The van der Waals surface area contributed by atoms with Crippen LogP contribution in [0, 0.1) is 0 Å². The average molecular weight is 367 g/mol. The fourth-order valence-corrected chi connectivity index (χ4v) is 2.80. The molecule has 0 bridgehead atoms. The Morgan fingerprint density at radius 3 is 1.29 bits per heavy atom. The minimum Gasteiger partial charge on any atom is -0.0807 e. The first-order valence-corrected chi connectivity index (χ1v) is 10.1. The second kappa shape index (κ2) is 13.1. The summed E-state index contributed by atoms with van der Waals surface area (Å²) in [6, 6.07) is 20.9. The standard InChI is InChI=1S/2C13H12.C2H6/c2*1-2-5-9-12(8-4-1)13-10-6-3-7-11-13;1-2/h2*1,3-11H,2H2;1-2H3. The Kier molecular flexibility index (Phi) is 9.92. The number of allylic oxidation sites excluding steroid dienone is 12. The first-order valence-electron chi connectivity index (χ1n) is 10.1. The molecule has 0 aromatic heterocycles. The first-order chi connectivity index (χ1) is 13.9. The van der Waals surface area contributed by atoms with Crippen LogP contribution in [0.3, 0.4) is 0 Å². The largest absolute Gasteiger partial charge is 0.0807 e. The Hall–Kier alpha value is -3.12. The summed E-state index contributed by atoms with van der Waals surface area (Å²) < 4.78 is 0. The van der Waals surface area contributed by atoms with Gasteiger partial charge >= 0.3 is 0 Å². The Morgan fingerprint density at radius 1 is 0.500 bits per heavy atom. The van der Waals surface area contributed by atoms with Gasteiger partial charge in [-0.25, -0.2) is 0 Å². The Bertz CT molecular complexity index is 781. The normalized spacial score (nSPS) is 14.4. The van der Waals surface area contributed by atoms with E-state index < -0.39 is 0 Å². The van der Waals surface area contributed by atoms with Gasteiger partial charge in [0.25, 0.3) is 0 Å². The van der Waals surface area contributed by atoms with Crippen LogP contribution >= 0.6 is 0 Å². The highest BCUT2D eigenvalue weighted by Crippen LogP contribution is 2.18. The Morgan fingerprint density at radius 2 is 0.893 bits per heavy atom. The molecule has 0 nitrogen and oxygen atoms in total. The van der Waals surface area contributed by atoms with Gasteiger partial charge in [-0.3, -0.25) is 0 Å². The van der Waals surface area contributed by atoms with Crippen molar-refractivity contribution in [3.8, 4) is 0 Å². The Labute approximate surface area is 170 Å². The molecule has 2 aromatic rings. The zero-order valence-electron chi connectivity index (χ0n) is 17.0. The number of hydrogen-bond donors (Lipinski definition) is 0. The van der Waals surface area contributed by atoms with Crippen molar-refractivity contribution >= 4 is 11.1 Å². The van der Waals surface area contributed by atoms with Crippen LogP contribution in [0.4, 0.5) is 0 Å². The van der Waals surface area contributed by atoms with Crippen molar-refractivity contribution in [3.63, 3.8) is 0 Å². The molecule has 28 heavy (non-hydrogen) atoms. The van der Waals surface area contributed by atoms with E-state index in [4.69, 9.17) is 0 Å². The molecule has 142 valence electrons. The molecule has 2 aliphatic carbocycles. The minimum atomic E-state index is 1.03. The van der Waals surface area contributed by atoms with Gasteiger partial charge in [-0.2, -0.15) is 0 Å². The lowest BCUT2D eigenvalue weighted by Crippen LogP contribution is -1.77. The van der Waals surface area contributed by atoms with Crippen LogP contribution < -0.4 is 0 Å². The van der Waals surface area contributed by atoms with Crippen molar-refractivity contribution in [1.82, 2.24) is 0 Å². The molecule has 0 atom stereocenters. The van der Waals surface area contributed by atoms with E-state index in [1.807, 2.05) is 26.0 Å². The molecule has 0 spiro atoms. The van der Waals surface area contributed by atoms with Gasteiger partial charge in [0, 0.05) is 0 Å². The molecule has 0 unspecified atom stereocenters. The van der Waals surface area contributed by atoms with E-state index in [2.05, 4.69) is 109 Å². The van der Waals surface area contributed by atoms with Gasteiger partial charge in [0.05, 0.1) is 0 Å². The third-order valence-electron chi connectivity index (χ3n) is 4.18. The van der Waals surface area contributed by atoms with Crippen LogP contribution in [-0.4, -0.2) is 0 Å². The highest BCUT2D eigenvalue weighted by molar-refractivity contribution is 5.76. The molecular formula is C28H30. The SMILES string of the molecule is C1=CCC=CC(c2ccccc2)=C1.C1=CCC=CC(c2ccccc2)=C1.CC. The predicted molar refractivity (Wildman–Crippen MR) is 126 cm³/mol. The molecule has 0 heteroatoms.